The van der Waals surface area contributed by atoms with Crippen LogP contribution in [0.25, 0.3) is 33.5 Å². The van der Waals surface area contributed by atoms with Gasteiger partial charge in [-0.2, -0.15) is 9.78 Å². The Morgan fingerprint density at radius 3 is 2.67 bits per heavy atom. The number of ether oxygens (including phenoxy) is 2. The van der Waals surface area contributed by atoms with Crippen LogP contribution in [-0.4, -0.2) is 28.5 Å². The molecule has 0 atom stereocenters. The first-order valence-corrected chi connectivity index (χ1v) is 11.9. The van der Waals surface area contributed by atoms with Crippen molar-refractivity contribution in [1.29, 1.82) is 0 Å². The lowest BCUT2D eigenvalue weighted by molar-refractivity contribution is -0.132. The van der Waals surface area contributed by atoms with Crippen LogP contribution in [0.5, 0.6) is 11.5 Å². The maximum atomic E-state index is 13.5. The molecule has 0 bridgehead atoms. The molecule has 2 heterocycles. The molecule has 0 amide bonds. The van der Waals surface area contributed by atoms with Gasteiger partial charge in [0.2, 0.25) is 5.82 Å². The Hall–Kier alpha value is -4.24. The average Bonchev–Trinajstić information content (AvgIpc) is 3.29. The molecule has 8 nitrogen and oxygen atoms in total. The monoisotopic (exact) mass is 545 g/mol. The van der Waals surface area contributed by atoms with Gasteiger partial charge in [0.1, 0.15) is 5.58 Å². The first kappa shape index (κ1) is 23.5. The van der Waals surface area contributed by atoms with E-state index in [0.29, 0.717) is 44.6 Å². The second-order valence-electron chi connectivity index (χ2n) is 7.81. The molecule has 5 rings (SSSR count). The molecular weight excluding hydrogens is 526 g/mol. The van der Waals surface area contributed by atoms with Gasteiger partial charge in [0.05, 0.1) is 23.7 Å². The summed E-state index contributed by atoms with van der Waals surface area (Å²) in [5.41, 5.74) is 1.47. The van der Waals surface area contributed by atoms with Crippen LogP contribution in [-0.2, 0) is 4.79 Å². The van der Waals surface area contributed by atoms with Crippen molar-refractivity contribution in [2.45, 2.75) is 13.8 Å². The van der Waals surface area contributed by atoms with E-state index in [1.165, 1.54) is 17.8 Å². The molecule has 0 saturated heterocycles. The summed E-state index contributed by atoms with van der Waals surface area (Å²) in [6.45, 7) is 3.52. The predicted octanol–water partition coefficient (Wildman–Crippen LogP) is 5.78. The fourth-order valence-corrected chi connectivity index (χ4v) is 4.18. The number of aromatic nitrogens is 2. The first-order valence-electron chi connectivity index (χ1n) is 11.1. The van der Waals surface area contributed by atoms with E-state index >= 15 is 0 Å². The number of fused-ring (bicyclic) bond motifs is 2. The van der Waals surface area contributed by atoms with Crippen LogP contribution in [0.15, 0.2) is 85.5 Å². The molecule has 0 aliphatic heterocycles. The van der Waals surface area contributed by atoms with E-state index in [9.17, 15) is 9.59 Å². The van der Waals surface area contributed by atoms with Crippen LogP contribution in [0, 0.1) is 0 Å². The maximum Gasteiger partial charge on any atom is 0.308 e. The highest BCUT2D eigenvalue weighted by Crippen LogP contribution is 2.33. The van der Waals surface area contributed by atoms with Crippen molar-refractivity contribution in [1.82, 2.24) is 9.66 Å². The summed E-state index contributed by atoms with van der Waals surface area (Å²) < 4.78 is 18.7. The smallest absolute Gasteiger partial charge is 0.308 e. The number of halogens is 1. The number of para-hydroxylation sites is 2. The van der Waals surface area contributed by atoms with Crippen molar-refractivity contribution in [3.8, 4) is 23.1 Å². The SMILES string of the molecule is CCOc1cc(C=Nn2c(-c3cc4ccccc4o3)nc3ccccc3c2=O)c(Br)cc1OC(C)=O. The second kappa shape index (κ2) is 9.79. The van der Waals surface area contributed by atoms with Crippen molar-refractivity contribution in [3.05, 3.63) is 87.1 Å². The lowest BCUT2D eigenvalue weighted by Gasteiger charge is -2.12. The van der Waals surface area contributed by atoms with E-state index in [0.717, 1.165) is 5.39 Å². The normalized spacial score (nSPS) is 11.4. The van der Waals surface area contributed by atoms with E-state index in [4.69, 9.17) is 18.9 Å². The standard InChI is InChI=1S/C27H20BrN3O5/c1-3-34-23-13-18(20(28)14-24(23)35-16(2)32)15-29-31-26(25-12-17-8-4-7-11-22(17)36-25)30-21-10-6-5-9-19(21)27(31)33/h4-15H,3H2,1-2H3. The summed E-state index contributed by atoms with van der Waals surface area (Å²) in [6, 6.07) is 19.8. The van der Waals surface area contributed by atoms with Gasteiger partial charge in [-0.25, -0.2) is 4.98 Å². The summed E-state index contributed by atoms with van der Waals surface area (Å²) in [4.78, 5) is 29.6. The molecule has 9 heteroatoms. The Morgan fingerprint density at radius 1 is 1.11 bits per heavy atom. The van der Waals surface area contributed by atoms with Crippen molar-refractivity contribution in [2.75, 3.05) is 6.61 Å². The van der Waals surface area contributed by atoms with Gasteiger partial charge in [-0.3, -0.25) is 9.59 Å². The van der Waals surface area contributed by atoms with Crippen molar-refractivity contribution in [2.24, 2.45) is 5.10 Å². The molecule has 3 aromatic carbocycles. The van der Waals surface area contributed by atoms with Gasteiger partial charge in [-0.15, -0.1) is 0 Å². The minimum atomic E-state index is -0.464. The van der Waals surface area contributed by atoms with Gasteiger partial charge in [-0.1, -0.05) is 30.3 Å². The summed E-state index contributed by atoms with van der Waals surface area (Å²) >= 11 is 3.48. The van der Waals surface area contributed by atoms with Crippen LogP contribution in [0.3, 0.4) is 0 Å². The third-order valence-corrected chi connectivity index (χ3v) is 6.02. The largest absolute Gasteiger partial charge is 0.490 e. The molecular formula is C27H20BrN3O5. The van der Waals surface area contributed by atoms with Crippen LogP contribution in [0.4, 0.5) is 0 Å². The molecule has 36 heavy (non-hydrogen) atoms. The number of carbonyl (C=O) groups is 1. The number of furan rings is 1. The molecule has 0 unspecified atom stereocenters. The van der Waals surface area contributed by atoms with E-state index in [2.05, 4.69) is 21.0 Å². The molecule has 5 aromatic rings. The number of benzene rings is 3. The fraction of sp³-hybridized carbons (Fsp3) is 0.111. The Balaban J connectivity index is 1.67. The molecule has 0 spiro atoms. The fourth-order valence-electron chi connectivity index (χ4n) is 3.76. The maximum absolute atomic E-state index is 13.5. The van der Waals surface area contributed by atoms with Crippen molar-refractivity contribution in [3.63, 3.8) is 0 Å². The molecule has 180 valence electrons. The molecule has 0 aliphatic carbocycles. The van der Waals surface area contributed by atoms with Gasteiger partial charge in [-0.05, 0) is 59.3 Å². The Morgan fingerprint density at radius 2 is 1.89 bits per heavy atom. The minimum absolute atomic E-state index is 0.267. The highest BCUT2D eigenvalue weighted by atomic mass is 79.9. The Labute approximate surface area is 213 Å². The third kappa shape index (κ3) is 4.52. The average molecular weight is 546 g/mol. The van der Waals surface area contributed by atoms with Crippen LogP contribution < -0.4 is 15.0 Å². The van der Waals surface area contributed by atoms with E-state index < -0.39 is 5.97 Å². The van der Waals surface area contributed by atoms with Crippen molar-refractivity contribution >= 4 is 50.0 Å². The summed E-state index contributed by atoms with van der Waals surface area (Å²) in [6.07, 6.45) is 1.51. The van der Waals surface area contributed by atoms with Gasteiger partial charge in [0.25, 0.3) is 5.56 Å². The van der Waals surface area contributed by atoms with Gasteiger partial charge < -0.3 is 13.9 Å². The number of rotatable bonds is 6. The second-order valence-corrected chi connectivity index (χ2v) is 8.66. The lowest BCUT2D eigenvalue weighted by Crippen LogP contribution is -2.20. The first-order chi connectivity index (χ1) is 17.4. The molecule has 2 aromatic heterocycles. The molecule has 0 N–H and O–H groups in total. The quantitative estimate of drug-likeness (QED) is 0.152. The summed E-state index contributed by atoms with van der Waals surface area (Å²) in [7, 11) is 0. The topological polar surface area (TPSA) is 95.9 Å². The molecule has 0 saturated carbocycles. The zero-order valence-electron chi connectivity index (χ0n) is 19.4. The number of carbonyl (C=O) groups excluding carboxylic acids is 1. The summed E-state index contributed by atoms with van der Waals surface area (Å²) in [5, 5.41) is 5.80. The van der Waals surface area contributed by atoms with E-state index in [1.807, 2.05) is 43.3 Å². The number of hydrogen-bond donors (Lipinski definition) is 0. The molecule has 0 radical (unpaired) electrons. The van der Waals surface area contributed by atoms with E-state index in [-0.39, 0.29) is 17.1 Å². The minimum Gasteiger partial charge on any atom is -0.490 e. The number of nitrogens with zero attached hydrogens (tertiary/aromatic N) is 3. The zero-order chi connectivity index (χ0) is 25.2. The zero-order valence-corrected chi connectivity index (χ0v) is 21.0. The molecule has 0 aliphatic rings. The van der Waals surface area contributed by atoms with Crippen LogP contribution in [0.1, 0.15) is 19.4 Å². The number of esters is 1. The lowest BCUT2D eigenvalue weighted by atomic mass is 10.2. The summed E-state index contributed by atoms with van der Waals surface area (Å²) in [5.74, 6) is 0.868. The van der Waals surface area contributed by atoms with Gasteiger partial charge >= 0.3 is 5.97 Å². The molecule has 0 fully saturated rings. The highest BCUT2D eigenvalue weighted by Gasteiger charge is 2.17. The van der Waals surface area contributed by atoms with E-state index in [1.54, 1.807) is 30.3 Å². The van der Waals surface area contributed by atoms with Gasteiger partial charge in [0, 0.05) is 22.3 Å². The highest BCUT2D eigenvalue weighted by molar-refractivity contribution is 9.10. The van der Waals surface area contributed by atoms with Crippen LogP contribution in [0.2, 0.25) is 0 Å². The Bertz CT molecular complexity index is 1670. The Kier molecular flexibility index (Phi) is 6.39. The third-order valence-electron chi connectivity index (χ3n) is 5.33. The predicted molar refractivity (Wildman–Crippen MR) is 141 cm³/mol. The van der Waals surface area contributed by atoms with Gasteiger partial charge in [0.15, 0.2) is 17.3 Å². The van der Waals surface area contributed by atoms with Crippen LogP contribution >= 0.6 is 15.9 Å². The number of hydrogen-bond acceptors (Lipinski definition) is 7. The van der Waals surface area contributed by atoms with Crippen molar-refractivity contribution < 1.29 is 18.7 Å².